The fraction of sp³-hybridized carbons (Fsp3) is 0.588. The van der Waals surface area contributed by atoms with Crippen molar-refractivity contribution in [3.05, 3.63) is 35.6 Å². The highest BCUT2D eigenvalue weighted by atomic mass is 19.1. The summed E-state index contributed by atoms with van der Waals surface area (Å²) in [5, 5.41) is 15.5. The van der Waals surface area contributed by atoms with Gasteiger partial charge in [-0.05, 0) is 24.1 Å². The molecule has 1 aromatic carbocycles. The van der Waals surface area contributed by atoms with Gasteiger partial charge in [-0.1, -0.05) is 12.1 Å². The Labute approximate surface area is 141 Å². The summed E-state index contributed by atoms with van der Waals surface area (Å²) < 4.78 is 19.0. The number of morpholine rings is 1. The van der Waals surface area contributed by atoms with E-state index in [2.05, 4.69) is 15.5 Å². The van der Waals surface area contributed by atoms with E-state index in [4.69, 9.17) is 4.74 Å². The Morgan fingerprint density at radius 3 is 2.92 bits per heavy atom. The molecule has 24 heavy (non-hydrogen) atoms. The van der Waals surface area contributed by atoms with Crippen molar-refractivity contribution in [2.24, 2.45) is 0 Å². The minimum atomic E-state index is -0.473. The second-order valence-electron chi connectivity index (χ2n) is 6.31. The maximum Gasteiger partial charge on any atom is 0.237 e. The molecule has 2 aliphatic heterocycles. The van der Waals surface area contributed by atoms with Crippen LogP contribution in [0.3, 0.4) is 0 Å². The molecule has 1 aromatic rings. The number of amides is 1. The van der Waals surface area contributed by atoms with Crippen molar-refractivity contribution in [3.8, 4) is 0 Å². The van der Waals surface area contributed by atoms with E-state index in [1.54, 1.807) is 6.07 Å². The summed E-state index contributed by atoms with van der Waals surface area (Å²) >= 11 is 0. The van der Waals surface area contributed by atoms with Gasteiger partial charge in [0.25, 0.3) is 0 Å². The van der Waals surface area contributed by atoms with Crippen LogP contribution in [0.5, 0.6) is 0 Å². The van der Waals surface area contributed by atoms with E-state index in [1.165, 1.54) is 12.1 Å². The Morgan fingerprint density at radius 2 is 2.25 bits per heavy atom. The molecule has 0 saturated carbocycles. The number of carbonyl (C=O) groups is 1. The van der Waals surface area contributed by atoms with E-state index in [9.17, 15) is 14.3 Å². The highest BCUT2D eigenvalue weighted by Gasteiger charge is 2.29. The first-order chi connectivity index (χ1) is 11.6. The zero-order valence-electron chi connectivity index (χ0n) is 13.6. The molecule has 7 heteroatoms. The summed E-state index contributed by atoms with van der Waals surface area (Å²) in [6.07, 6.45) is -0.0485. The number of aliphatic hydroxyl groups excluding tert-OH is 1. The number of hydrogen-bond acceptors (Lipinski definition) is 5. The number of hydrogen-bond donors (Lipinski definition) is 3. The average Bonchev–Trinajstić information content (AvgIpc) is 3.02. The van der Waals surface area contributed by atoms with Crippen molar-refractivity contribution in [2.45, 2.75) is 24.6 Å². The Hall–Kier alpha value is -1.54. The standard InChI is InChI=1S/C17H24FN3O3/c18-13-3-1-2-12(8-13)16(21-4-6-24-7-5-21)11-20-17(23)15-9-14(22)10-19-15/h1-3,8,14-16,19,22H,4-7,9-11H2,(H,20,23). The van der Waals surface area contributed by atoms with E-state index in [0.717, 1.165) is 18.7 Å². The molecule has 2 saturated heterocycles. The van der Waals surface area contributed by atoms with Crippen LogP contribution in [-0.2, 0) is 9.53 Å². The van der Waals surface area contributed by atoms with Crippen molar-refractivity contribution in [2.75, 3.05) is 39.4 Å². The Bertz CT molecular complexity index is 566. The van der Waals surface area contributed by atoms with Crippen molar-refractivity contribution >= 4 is 5.91 Å². The summed E-state index contributed by atoms with van der Waals surface area (Å²) in [5.74, 6) is -0.404. The molecule has 2 aliphatic rings. The van der Waals surface area contributed by atoms with Crippen LogP contribution < -0.4 is 10.6 Å². The van der Waals surface area contributed by atoms with Crippen LogP contribution in [0.15, 0.2) is 24.3 Å². The molecule has 0 aliphatic carbocycles. The van der Waals surface area contributed by atoms with Crippen LogP contribution >= 0.6 is 0 Å². The van der Waals surface area contributed by atoms with Gasteiger partial charge in [0.15, 0.2) is 0 Å². The van der Waals surface area contributed by atoms with Crippen LogP contribution in [0, 0.1) is 5.82 Å². The zero-order valence-corrected chi connectivity index (χ0v) is 13.6. The number of benzene rings is 1. The molecular weight excluding hydrogens is 313 g/mol. The first-order valence-electron chi connectivity index (χ1n) is 8.40. The van der Waals surface area contributed by atoms with Gasteiger partial charge in [0.05, 0.1) is 31.4 Å². The first-order valence-corrected chi connectivity index (χ1v) is 8.40. The van der Waals surface area contributed by atoms with Crippen LogP contribution in [-0.4, -0.2) is 67.5 Å². The van der Waals surface area contributed by atoms with E-state index >= 15 is 0 Å². The first kappa shape index (κ1) is 17.3. The summed E-state index contributed by atoms with van der Waals surface area (Å²) in [6, 6.07) is 6.05. The quantitative estimate of drug-likeness (QED) is 0.707. The second-order valence-corrected chi connectivity index (χ2v) is 6.31. The average molecular weight is 337 g/mol. The molecule has 0 bridgehead atoms. The highest BCUT2D eigenvalue weighted by molar-refractivity contribution is 5.82. The molecule has 3 unspecified atom stereocenters. The van der Waals surface area contributed by atoms with Gasteiger partial charge in [0.2, 0.25) is 5.91 Å². The number of β-amino-alcohol motifs (C(OH)–C–C–N with tert-alkyl or cyclic N) is 1. The maximum absolute atomic E-state index is 13.6. The van der Waals surface area contributed by atoms with Crippen molar-refractivity contribution in [1.29, 1.82) is 0 Å². The fourth-order valence-corrected chi connectivity index (χ4v) is 3.30. The van der Waals surface area contributed by atoms with Gasteiger partial charge in [0, 0.05) is 26.2 Å². The third-order valence-electron chi connectivity index (χ3n) is 4.61. The molecule has 3 N–H and O–H groups in total. The predicted molar refractivity (Wildman–Crippen MR) is 87.0 cm³/mol. The molecule has 132 valence electrons. The molecule has 2 heterocycles. The van der Waals surface area contributed by atoms with Crippen LogP contribution in [0.2, 0.25) is 0 Å². The summed E-state index contributed by atoms with van der Waals surface area (Å²) in [7, 11) is 0. The number of nitrogens with one attached hydrogen (secondary N) is 2. The second kappa shape index (κ2) is 8.02. The van der Waals surface area contributed by atoms with Gasteiger partial charge in [-0.3, -0.25) is 9.69 Å². The van der Waals surface area contributed by atoms with Crippen LogP contribution in [0.1, 0.15) is 18.0 Å². The smallest absolute Gasteiger partial charge is 0.237 e. The number of ether oxygens (including phenoxy) is 1. The lowest BCUT2D eigenvalue weighted by molar-refractivity contribution is -0.123. The van der Waals surface area contributed by atoms with Gasteiger partial charge < -0.3 is 20.5 Å². The van der Waals surface area contributed by atoms with E-state index in [1.807, 2.05) is 6.07 Å². The number of nitrogens with zero attached hydrogens (tertiary/aromatic N) is 1. The predicted octanol–water partition coefficient (Wildman–Crippen LogP) is 0.0380. The number of carbonyl (C=O) groups excluding carboxylic acids is 1. The largest absolute Gasteiger partial charge is 0.392 e. The molecule has 3 atom stereocenters. The van der Waals surface area contributed by atoms with Crippen molar-refractivity contribution in [1.82, 2.24) is 15.5 Å². The Kier molecular flexibility index (Phi) is 5.78. The van der Waals surface area contributed by atoms with E-state index in [0.29, 0.717) is 32.7 Å². The molecule has 0 aromatic heterocycles. The lowest BCUT2D eigenvalue weighted by atomic mass is 10.0. The van der Waals surface area contributed by atoms with Crippen molar-refractivity contribution in [3.63, 3.8) is 0 Å². The number of halogens is 1. The van der Waals surface area contributed by atoms with Gasteiger partial charge in [-0.25, -0.2) is 4.39 Å². The van der Waals surface area contributed by atoms with Gasteiger partial charge in [0.1, 0.15) is 5.82 Å². The normalized spacial score (nSPS) is 26.2. The minimum absolute atomic E-state index is 0.0973. The Balaban J connectivity index is 1.66. The van der Waals surface area contributed by atoms with Gasteiger partial charge in [-0.2, -0.15) is 0 Å². The SMILES string of the molecule is O=C(NCC(c1cccc(F)c1)N1CCOCC1)C1CC(O)CN1. The zero-order chi connectivity index (χ0) is 16.9. The fourth-order valence-electron chi connectivity index (χ4n) is 3.30. The molecule has 3 rings (SSSR count). The molecule has 1 amide bonds. The van der Waals surface area contributed by atoms with E-state index in [-0.39, 0.29) is 23.8 Å². The molecule has 0 radical (unpaired) electrons. The molecule has 6 nitrogen and oxygen atoms in total. The highest BCUT2D eigenvalue weighted by Crippen LogP contribution is 2.22. The minimum Gasteiger partial charge on any atom is -0.392 e. The molecule has 0 spiro atoms. The van der Waals surface area contributed by atoms with Crippen LogP contribution in [0.4, 0.5) is 4.39 Å². The van der Waals surface area contributed by atoms with Crippen LogP contribution in [0.25, 0.3) is 0 Å². The lowest BCUT2D eigenvalue weighted by Gasteiger charge is -2.35. The van der Waals surface area contributed by atoms with Gasteiger partial charge in [-0.15, -0.1) is 0 Å². The molecule has 2 fully saturated rings. The summed E-state index contributed by atoms with van der Waals surface area (Å²) in [6.45, 7) is 3.60. The number of aliphatic hydroxyl groups is 1. The number of rotatable bonds is 5. The van der Waals surface area contributed by atoms with Crippen molar-refractivity contribution < 1.29 is 19.0 Å². The molecular formula is C17H24FN3O3. The lowest BCUT2D eigenvalue weighted by Crippen LogP contribution is -2.47. The summed E-state index contributed by atoms with van der Waals surface area (Å²) in [4.78, 5) is 14.5. The van der Waals surface area contributed by atoms with E-state index < -0.39 is 6.10 Å². The third-order valence-corrected chi connectivity index (χ3v) is 4.61. The third kappa shape index (κ3) is 4.30. The maximum atomic E-state index is 13.6. The topological polar surface area (TPSA) is 73.8 Å². The summed E-state index contributed by atoms with van der Waals surface area (Å²) in [5.41, 5.74) is 0.844. The Morgan fingerprint density at radius 1 is 1.46 bits per heavy atom. The monoisotopic (exact) mass is 337 g/mol. The van der Waals surface area contributed by atoms with Gasteiger partial charge >= 0.3 is 0 Å².